The van der Waals surface area contributed by atoms with E-state index in [1.165, 1.54) is 22.4 Å². The molecule has 0 fully saturated rings. The third-order valence-corrected chi connectivity index (χ3v) is 3.49. The summed E-state index contributed by atoms with van der Waals surface area (Å²) in [4.78, 5) is 4.59. The minimum absolute atomic E-state index is 0.674. The van der Waals surface area contributed by atoms with Crippen molar-refractivity contribution >= 4 is 17.0 Å². The van der Waals surface area contributed by atoms with Crippen LogP contribution in [0.1, 0.15) is 31.4 Å². The quantitative estimate of drug-likeness (QED) is 0.672. The summed E-state index contributed by atoms with van der Waals surface area (Å²) in [7, 11) is 0. The molecule has 0 saturated heterocycles. The van der Waals surface area contributed by atoms with Gasteiger partial charge >= 0.3 is 0 Å². The fourth-order valence-corrected chi connectivity index (χ4v) is 2.46. The molecule has 0 aromatic heterocycles. The summed E-state index contributed by atoms with van der Waals surface area (Å²) in [5, 5.41) is 0. The molecule has 0 amide bonds. The van der Waals surface area contributed by atoms with Crippen molar-refractivity contribution in [2.75, 3.05) is 0 Å². The number of allylic oxidation sites excluding steroid dienone is 4. The Morgan fingerprint density at radius 3 is 2.94 bits per heavy atom. The van der Waals surface area contributed by atoms with E-state index in [-0.39, 0.29) is 0 Å². The van der Waals surface area contributed by atoms with Gasteiger partial charge < -0.3 is 0 Å². The van der Waals surface area contributed by atoms with E-state index >= 15 is 0 Å². The van der Waals surface area contributed by atoms with Crippen LogP contribution in [0.4, 0.5) is 5.69 Å². The second-order valence-electron chi connectivity index (χ2n) is 5.10. The third-order valence-electron chi connectivity index (χ3n) is 3.49. The van der Waals surface area contributed by atoms with Gasteiger partial charge in [0.2, 0.25) is 0 Å². The van der Waals surface area contributed by atoms with Gasteiger partial charge in [-0.25, -0.2) is 0 Å². The molecule has 1 aliphatic heterocycles. The number of hydrogen-bond acceptors (Lipinski definition) is 1. The third kappa shape index (κ3) is 1.97. The van der Waals surface area contributed by atoms with E-state index < -0.39 is 0 Å². The molecule has 1 aromatic rings. The normalized spacial score (nSPS) is 22.1. The standard InChI is InChI=1S/C16H17N/c1-11-3-5-13(6-4-11)14-7-8-15-9-12(2)17-16(15)10-14/h3,5-8,10-11H,4,9H2,1-2H3. The second kappa shape index (κ2) is 3.99. The Kier molecular flexibility index (Phi) is 2.47. The Bertz CT molecular complexity index is 547. The number of benzene rings is 1. The Morgan fingerprint density at radius 2 is 2.18 bits per heavy atom. The van der Waals surface area contributed by atoms with E-state index in [1.54, 1.807) is 0 Å². The van der Waals surface area contributed by atoms with Gasteiger partial charge in [0.05, 0.1) is 5.69 Å². The Balaban J connectivity index is 1.96. The molecule has 1 heteroatoms. The molecule has 0 bridgehead atoms. The molecular weight excluding hydrogens is 206 g/mol. The number of aliphatic imine (C=N–C) groups is 1. The van der Waals surface area contributed by atoms with Crippen LogP contribution in [-0.2, 0) is 6.42 Å². The molecule has 3 rings (SSSR count). The lowest BCUT2D eigenvalue weighted by atomic mass is 9.93. The highest BCUT2D eigenvalue weighted by Gasteiger charge is 2.13. The van der Waals surface area contributed by atoms with Crippen LogP contribution < -0.4 is 0 Å². The first-order chi connectivity index (χ1) is 8.22. The van der Waals surface area contributed by atoms with Crippen molar-refractivity contribution in [3.63, 3.8) is 0 Å². The van der Waals surface area contributed by atoms with Crippen LogP contribution >= 0.6 is 0 Å². The number of fused-ring (bicyclic) bond motifs is 1. The van der Waals surface area contributed by atoms with Crippen LogP contribution in [0.25, 0.3) is 5.57 Å². The average molecular weight is 223 g/mol. The fraction of sp³-hybridized carbons (Fsp3) is 0.312. The van der Waals surface area contributed by atoms with E-state index in [0.717, 1.165) is 18.5 Å². The zero-order chi connectivity index (χ0) is 11.8. The predicted octanol–water partition coefficient (Wildman–Crippen LogP) is 4.31. The van der Waals surface area contributed by atoms with Crippen molar-refractivity contribution in [2.45, 2.75) is 26.7 Å². The van der Waals surface area contributed by atoms with E-state index in [2.05, 4.69) is 55.3 Å². The van der Waals surface area contributed by atoms with Gasteiger partial charge in [0.15, 0.2) is 0 Å². The van der Waals surface area contributed by atoms with Crippen molar-refractivity contribution in [1.82, 2.24) is 0 Å². The van der Waals surface area contributed by atoms with Crippen molar-refractivity contribution in [3.05, 3.63) is 47.6 Å². The van der Waals surface area contributed by atoms with Gasteiger partial charge in [-0.05, 0) is 42.0 Å². The smallest absolute Gasteiger partial charge is 0.0671 e. The van der Waals surface area contributed by atoms with Crippen LogP contribution in [0.5, 0.6) is 0 Å². The van der Waals surface area contributed by atoms with Crippen LogP contribution in [0.3, 0.4) is 0 Å². The van der Waals surface area contributed by atoms with Gasteiger partial charge in [-0.1, -0.05) is 37.3 Å². The molecule has 1 aliphatic carbocycles. The van der Waals surface area contributed by atoms with E-state index in [1.807, 2.05) is 0 Å². The number of rotatable bonds is 1. The van der Waals surface area contributed by atoms with Crippen molar-refractivity contribution < 1.29 is 0 Å². The second-order valence-corrected chi connectivity index (χ2v) is 5.10. The first-order valence-electron chi connectivity index (χ1n) is 6.28. The first kappa shape index (κ1) is 10.5. The number of hydrogen-bond donors (Lipinski definition) is 0. The summed E-state index contributed by atoms with van der Waals surface area (Å²) < 4.78 is 0. The highest BCUT2D eigenvalue weighted by Crippen LogP contribution is 2.32. The fourth-order valence-electron chi connectivity index (χ4n) is 2.46. The predicted molar refractivity (Wildman–Crippen MR) is 73.8 cm³/mol. The Morgan fingerprint density at radius 1 is 1.29 bits per heavy atom. The largest absolute Gasteiger partial charge is 0.257 e. The lowest BCUT2D eigenvalue weighted by Gasteiger charge is -2.12. The van der Waals surface area contributed by atoms with Crippen LogP contribution in [0.2, 0.25) is 0 Å². The average Bonchev–Trinajstić information content (AvgIpc) is 2.69. The molecule has 1 atom stereocenters. The maximum atomic E-state index is 4.59. The van der Waals surface area contributed by atoms with Gasteiger partial charge in [0, 0.05) is 12.1 Å². The SMILES string of the molecule is CC1=Nc2cc(C3=CCC(C)C=C3)ccc2C1. The minimum Gasteiger partial charge on any atom is -0.257 e. The summed E-state index contributed by atoms with van der Waals surface area (Å²) in [6.07, 6.45) is 9.02. The summed E-state index contributed by atoms with van der Waals surface area (Å²) in [5.41, 5.74) is 6.38. The van der Waals surface area contributed by atoms with Gasteiger partial charge in [-0.2, -0.15) is 0 Å². The zero-order valence-corrected chi connectivity index (χ0v) is 10.4. The van der Waals surface area contributed by atoms with Crippen molar-refractivity contribution in [2.24, 2.45) is 10.9 Å². The molecule has 0 spiro atoms. The summed E-state index contributed by atoms with van der Waals surface area (Å²) in [6.45, 7) is 4.35. The lowest BCUT2D eigenvalue weighted by molar-refractivity contribution is 0.739. The highest BCUT2D eigenvalue weighted by molar-refractivity contribution is 5.93. The topological polar surface area (TPSA) is 12.4 Å². The maximum Gasteiger partial charge on any atom is 0.0671 e. The summed E-state index contributed by atoms with van der Waals surface area (Å²) in [5.74, 6) is 0.674. The molecule has 17 heavy (non-hydrogen) atoms. The van der Waals surface area contributed by atoms with Gasteiger partial charge in [0.25, 0.3) is 0 Å². The van der Waals surface area contributed by atoms with Gasteiger partial charge in [-0.15, -0.1) is 0 Å². The van der Waals surface area contributed by atoms with Gasteiger partial charge in [0.1, 0.15) is 0 Å². The molecule has 1 nitrogen and oxygen atoms in total. The molecule has 86 valence electrons. The Labute approximate surface area is 103 Å². The van der Waals surface area contributed by atoms with E-state index in [9.17, 15) is 0 Å². The molecule has 2 aliphatic rings. The van der Waals surface area contributed by atoms with E-state index in [0.29, 0.717) is 5.92 Å². The van der Waals surface area contributed by atoms with Crippen LogP contribution in [-0.4, -0.2) is 5.71 Å². The Hall–Kier alpha value is -1.63. The molecule has 0 saturated carbocycles. The molecule has 1 heterocycles. The highest BCUT2D eigenvalue weighted by atomic mass is 14.8. The van der Waals surface area contributed by atoms with Gasteiger partial charge in [-0.3, -0.25) is 4.99 Å². The summed E-state index contributed by atoms with van der Waals surface area (Å²) >= 11 is 0. The molecular formula is C16H17N. The van der Waals surface area contributed by atoms with Crippen molar-refractivity contribution in [3.8, 4) is 0 Å². The minimum atomic E-state index is 0.674. The van der Waals surface area contributed by atoms with Crippen LogP contribution in [0, 0.1) is 5.92 Å². The molecule has 0 radical (unpaired) electrons. The monoisotopic (exact) mass is 223 g/mol. The first-order valence-corrected chi connectivity index (χ1v) is 6.28. The number of nitrogens with zero attached hydrogens (tertiary/aromatic N) is 1. The van der Waals surface area contributed by atoms with Crippen LogP contribution in [0.15, 0.2) is 41.4 Å². The molecule has 0 N–H and O–H groups in total. The van der Waals surface area contributed by atoms with E-state index in [4.69, 9.17) is 0 Å². The molecule has 1 aromatic carbocycles. The van der Waals surface area contributed by atoms with Crippen molar-refractivity contribution in [1.29, 1.82) is 0 Å². The molecule has 1 unspecified atom stereocenters. The lowest BCUT2D eigenvalue weighted by Crippen LogP contribution is -1.94. The zero-order valence-electron chi connectivity index (χ0n) is 10.4. The maximum absolute atomic E-state index is 4.59. The summed E-state index contributed by atoms with van der Waals surface area (Å²) in [6, 6.07) is 6.66.